The number of aromatic nitrogens is 1. The van der Waals surface area contributed by atoms with Crippen molar-refractivity contribution in [2.75, 3.05) is 13.7 Å². The van der Waals surface area contributed by atoms with Crippen LogP contribution in [0.4, 0.5) is 0 Å². The zero-order valence-electron chi connectivity index (χ0n) is 17.2. The van der Waals surface area contributed by atoms with Crippen molar-refractivity contribution in [3.05, 3.63) is 93.8 Å². The second-order valence-electron chi connectivity index (χ2n) is 7.18. The highest BCUT2D eigenvalue weighted by molar-refractivity contribution is 6.02. The average Bonchev–Trinajstić information content (AvgIpc) is 3.03. The molecule has 2 aromatic carbocycles. The highest BCUT2D eigenvalue weighted by Gasteiger charge is 2.23. The highest BCUT2D eigenvalue weighted by atomic mass is 16.5. The normalized spacial score (nSPS) is 11.9. The molecule has 0 fully saturated rings. The molecule has 0 saturated heterocycles. The Labute approximate surface area is 171 Å². The standard InChI is InChI=1S/C24H26N2O3/c1-15-10-12-19(13-11-15)23(18-8-6-5-7-9-18)25-14-20(27)22-16(2)21(17(3)26-22)24(28)29-4/h5-13,23,25-26H,14H2,1-4H3/t23-/m1/s1. The monoisotopic (exact) mass is 390 g/mol. The number of ketones is 1. The SMILES string of the molecule is COC(=O)c1c(C)[nH]c(C(=O)CN[C@H](c2ccccc2)c2ccc(C)cc2)c1C. The first-order valence-electron chi connectivity index (χ1n) is 9.58. The number of ether oxygens (including phenoxy) is 1. The molecule has 0 spiro atoms. The number of methoxy groups -OCH3 is 1. The predicted octanol–water partition coefficient (Wildman–Crippen LogP) is 4.29. The molecule has 0 bridgehead atoms. The van der Waals surface area contributed by atoms with Gasteiger partial charge in [0.05, 0.1) is 31.0 Å². The molecule has 5 heteroatoms. The molecule has 2 N–H and O–H groups in total. The maximum atomic E-state index is 12.9. The van der Waals surface area contributed by atoms with Gasteiger partial charge in [-0.2, -0.15) is 0 Å². The fourth-order valence-corrected chi connectivity index (χ4v) is 3.55. The van der Waals surface area contributed by atoms with Gasteiger partial charge in [0.2, 0.25) is 0 Å². The Hall–Kier alpha value is -3.18. The minimum Gasteiger partial charge on any atom is -0.465 e. The van der Waals surface area contributed by atoms with Crippen LogP contribution in [0.1, 0.15) is 54.8 Å². The molecule has 0 saturated carbocycles. The van der Waals surface area contributed by atoms with Gasteiger partial charge in [-0.3, -0.25) is 10.1 Å². The molecule has 1 aromatic heterocycles. The van der Waals surface area contributed by atoms with Crippen LogP contribution in [0.3, 0.4) is 0 Å². The second kappa shape index (κ2) is 8.88. The number of rotatable bonds is 7. The molecule has 0 radical (unpaired) electrons. The Morgan fingerprint density at radius 3 is 2.21 bits per heavy atom. The van der Waals surface area contributed by atoms with Gasteiger partial charge < -0.3 is 9.72 Å². The summed E-state index contributed by atoms with van der Waals surface area (Å²) in [5, 5.41) is 3.38. The van der Waals surface area contributed by atoms with Crippen LogP contribution in [0, 0.1) is 20.8 Å². The lowest BCUT2D eigenvalue weighted by Crippen LogP contribution is -2.29. The molecule has 0 aliphatic rings. The van der Waals surface area contributed by atoms with E-state index < -0.39 is 5.97 Å². The fraction of sp³-hybridized carbons (Fsp3) is 0.250. The minimum atomic E-state index is -0.440. The van der Waals surface area contributed by atoms with Gasteiger partial charge in [0.1, 0.15) is 0 Å². The molecule has 1 atom stereocenters. The van der Waals surface area contributed by atoms with E-state index in [1.54, 1.807) is 13.8 Å². The Morgan fingerprint density at radius 2 is 1.59 bits per heavy atom. The molecule has 150 valence electrons. The number of nitrogens with one attached hydrogen (secondary N) is 2. The summed E-state index contributed by atoms with van der Waals surface area (Å²) in [6.45, 7) is 5.71. The topological polar surface area (TPSA) is 71.2 Å². The van der Waals surface area contributed by atoms with Gasteiger partial charge in [0.25, 0.3) is 0 Å². The molecule has 0 amide bonds. The van der Waals surface area contributed by atoms with Crippen molar-refractivity contribution in [1.29, 1.82) is 0 Å². The number of esters is 1. The van der Waals surface area contributed by atoms with Gasteiger partial charge in [-0.1, -0.05) is 60.2 Å². The number of Topliss-reactive ketones (excluding diaryl/α,β-unsaturated/α-hetero) is 1. The third kappa shape index (κ3) is 4.46. The Kier molecular flexibility index (Phi) is 6.29. The molecule has 0 aliphatic carbocycles. The van der Waals surface area contributed by atoms with Gasteiger partial charge >= 0.3 is 5.97 Å². The van der Waals surface area contributed by atoms with Crippen molar-refractivity contribution in [2.45, 2.75) is 26.8 Å². The average molecular weight is 390 g/mol. The van der Waals surface area contributed by atoms with Crippen molar-refractivity contribution in [3.63, 3.8) is 0 Å². The van der Waals surface area contributed by atoms with Crippen LogP contribution >= 0.6 is 0 Å². The highest BCUT2D eigenvalue weighted by Crippen LogP contribution is 2.23. The molecule has 3 aromatic rings. The number of carbonyl (C=O) groups excluding carboxylic acids is 2. The summed E-state index contributed by atoms with van der Waals surface area (Å²) in [7, 11) is 1.34. The number of hydrogen-bond acceptors (Lipinski definition) is 4. The maximum absolute atomic E-state index is 12.9. The van der Waals surface area contributed by atoms with E-state index in [4.69, 9.17) is 4.74 Å². The van der Waals surface area contributed by atoms with E-state index in [0.29, 0.717) is 22.5 Å². The van der Waals surface area contributed by atoms with Crippen LogP contribution in [0.2, 0.25) is 0 Å². The van der Waals surface area contributed by atoms with Crippen LogP contribution < -0.4 is 5.32 Å². The van der Waals surface area contributed by atoms with E-state index in [0.717, 1.165) is 11.1 Å². The van der Waals surface area contributed by atoms with Gasteiger partial charge in [-0.25, -0.2) is 4.79 Å². The third-order valence-electron chi connectivity index (χ3n) is 5.12. The third-order valence-corrected chi connectivity index (χ3v) is 5.12. The lowest BCUT2D eigenvalue weighted by atomic mass is 9.97. The first-order valence-corrected chi connectivity index (χ1v) is 9.58. The molecule has 3 rings (SSSR count). The number of carbonyl (C=O) groups is 2. The summed E-state index contributed by atoms with van der Waals surface area (Å²) in [5.41, 5.74) is 5.47. The number of aromatic amines is 1. The second-order valence-corrected chi connectivity index (χ2v) is 7.18. The first-order chi connectivity index (χ1) is 13.9. The Morgan fingerprint density at radius 1 is 0.966 bits per heavy atom. The Balaban J connectivity index is 1.84. The molecule has 5 nitrogen and oxygen atoms in total. The van der Waals surface area contributed by atoms with E-state index in [-0.39, 0.29) is 18.4 Å². The van der Waals surface area contributed by atoms with Crippen LogP contribution in [0.5, 0.6) is 0 Å². The summed E-state index contributed by atoms with van der Waals surface area (Å²) >= 11 is 0. The van der Waals surface area contributed by atoms with Gasteiger partial charge in [-0.05, 0) is 37.5 Å². The molecular weight excluding hydrogens is 364 g/mol. The predicted molar refractivity (Wildman–Crippen MR) is 113 cm³/mol. The van der Waals surface area contributed by atoms with Gasteiger partial charge in [0.15, 0.2) is 5.78 Å². The van der Waals surface area contributed by atoms with E-state index in [1.165, 1.54) is 12.7 Å². The molecule has 0 unspecified atom stereocenters. The van der Waals surface area contributed by atoms with Crippen LogP contribution in [0.15, 0.2) is 54.6 Å². The fourth-order valence-electron chi connectivity index (χ4n) is 3.55. The largest absolute Gasteiger partial charge is 0.465 e. The van der Waals surface area contributed by atoms with Crippen molar-refractivity contribution in [2.24, 2.45) is 0 Å². The quantitative estimate of drug-likeness (QED) is 0.466. The van der Waals surface area contributed by atoms with Gasteiger partial charge in [-0.15, -0.1) is 0 Å². The number of aryl methyl sites for hydroxylation is 2. The van der Waals surface area contributed by atoms with Crippen molar-refractivity contribution < 1.29 is 14.3 Å². The number of H-pyrrole nitrogens is 1. The summed E-state index contributed by atoms with van der Waals surface area (Å²) < 4.78 is 4.83. The molecule has 0 aliphatic heterocycles. The van der Waals surface area contributed by atoms with Crippen LogP contribution in [0.25, 0.3) is 0 Å². The van der Waals surface area contributed by atoms with E-state index in [9.17, 15) is 9.59 Å². The number of hydrogen-bond donors (Lipinski definition) is 2. The summed E-state index contributed by atoms with van der Waals surface area (Å²) in [6.07, 6.45) is 0. The molecule has 29 heavy (non-hydrogen) atoms. The summed E-state index contributed by atoms with van der Waals surface area (Å²) in [6, 6.07) is 18.2. The zero-order valence-corrected chi connectivity index (χ0v) is 17.2. The summed E-state index contributed by atoms with van der Waals surface area (Å²) in [4.78, 5) is 28.0. The smallest absolute Gasteiger partial charge is 0.339 e. The lowest BCUT2D eigenvalue weighted by molar-refractivity contribution is 0.0599. The van der Waals surface area contributed by atoms with Gasteiger partial charge in [0, 0.05) is 5.69 Å². The molecular formula is C24H26N2O3. The van der Waals surface area contributed by atoms with E-state index >= 15 is 0 Å². The van der Waals surface area contributed by atoms with Crippen LogP contribution in [-0.2, 0) is 4.74 Å². The molecule has 1 heterocycles. The van der Waals surface area contributed by atoms with Crippen molar-refractivity contribution in [3.8, 4) is 0 Å². The van der Waals surface area contributed by atoms with Crippen molar-refractivity contribution in [1.82, 2.24) is 10.3 Å². The minimum absolute atomic E-state index is 0.103. The first kappa shape index (κ1) is 20.6. The summed E-state index contributed by atoms with van der Waals surface area (Å²) in [5.74, 6) is -0.543. The van der Waals surface area contributed by atoms with Crippen LogP contribution in [-0.4, -0.2) is 30.4 Å². The maximum Gasteiger partial charge on any atom is 0.339 e. The number of benzene rings is 2. The lowest BCUT2D eigenvalue weighted by Gasteiger charge is -2.20. The Bertz CT molecular complexity index is 1000. The van der Waals surface area contributed by atoms with Crippen molar-refractivity contribution >= 4 is 11.8 Å². The van der Waals surface area contributed by atoms with E-state index in [1.807, 2.05) is 37.3 Å². The van der Waals surface area contributed by atoms with E-state index in [2.05, 4.69) is 34.6 Å². The zero-order chi connectivity index (χ0) is 21.0.